The first kappa shape index (κ1) is 8.52. The summed E-state index contributed by atoms with van der Waals surface area (Å²) in [5.41, 5.74) is 0. The number of hydrogen-bond donors (Lipinski definition) is 0. The monoisotopic (exact) mass is 169 g/mol. The van der Waals surface area contributed by atoms with Gasteiger partial charge in [0.25, 0.3) is 0 Å². The van der Waals surface area contributed by atoms with E-state index in [0.717, 1.165) is 25.0 Å². The van der Waals surface area contributed by atoms with E-state index in [2.05, 4.69) is 11.8 Å². The number of likely N-dealkylation sites (tertiary alicyclic amines) is 1. The van der Waals surface area contributed by atoms with Crippen LogP contribution in [0.25, 0.3) is 0 Å². The summed E-state index contributed by atoms with van der Waals surface area (Å²) < 4.78 is 5.36. The van der Waals surface area contributed by atoms with Crippen LogP contribution in [-0.2, 0) is 4.74 Å². The molecule has 0 N–H and O–H groups in total. The lowest BCUT2D eigenvalue weighted by Crippen LogP contribution is -2.50. The van der Waals surface area contributed by atoms with Crippen molar-refractivity contribution in [3.05, 3.63) is 0 Å². The van der Waals surface area contributed by atoms with Crippen molar-refractivity contribution in [3.8, 4) is 0 Å². The Morgan fingerprint density at radius 3 is 2.42 bits per heavy atom. The first-order valence-electron chi connectivity index (χ1n) is 5.20. The normalized spacial score (nSPS) is 28.8. The van der Waals surface area contributed by atoms with E-state index < -0.39 is 0 Å². The van der Waals surface area contributed by atoms with Gasteiger partial charge in [0, 0.05) is 26.3 Å². The van der Waals surface area contributed by atoms with Crippen LogP contribution in [0.2, 0.25) is 0 Å². The lowest BCUT2D eigenvalue weighted by molar-refractivity contribution is -0.00512. The van der Waals surface area contributed by atoms with Gasteiger partial charge in [-0.2, -0.15) is 0 Å². The van der Waals surface area contributed by atoms with E-state index in [1.165, 1.54) is 32.5 Å². The van der Waals surface area contributed by atoms with Crippen molar-refractivity contribution >= 4 is 0 Å². The average molecular weight is 169 g/mol. The summed E-state index contributed by atoms with van der Waals surface area (Å²) in [4.78, 5) is 2.53. The van der Waals surface area contributed by atoms with Crippen molar-refractivity contribution in [3.63, 3.8) is 0 Å². The third-order valence-electron chi connectivity index (χ3n) is 3.37. The third-order valence-corrected chi connectivity index (χ3v) is 3.37. The molecule has 0 bridgehead atoms. The summed E-state index contributed by atoms with van der Waals surface area (Å²) in [7, 11) is 0. The highest BCUT2D eigenvalue weighted by Gasteiger charge is 2.32. The standard InChI is InChI=1S/C10H19NO/c1-2-11-7-10(8-11)9-3-5-12-6-4-9/h9-10H,2-8H2,1H3. The summed E-state index contributed by atoms with van der Waals surface area (Å²) in [6.45, 7) is 8.20. The van der Waals surface area contributed by atoms with Gasteiger partial charge >= 0.3 is 0 Å². The van der Waals surface area contributed by atoms with Crippen LogP contribution >= 0.6 is 0 Å². The second-order valence-corrected chi connectivity index (χ2v) is 4.06. The summed E-state index contributed by atoms with van der Waals surface area (Å²) in [5, 5.41) is 0. The van der Waals surface area contributed by atoms with Crippen LogP contribution in [0.3, 0.4) is 0 Å². The molecule has 0 spiro atoms. The van der Waals surface area contributed by atoms with Gasteiger partial charge in [-0.15, -0.1) is 0 Å². The Balaban J connectivity index is 1.72. The van der Waals surface area contributed by atoms with Gasteiger partial charge in [0.1, 0.15) is 0 Å². The number of hydrogen-bond acceptors (Lipinski definition) is 2. The van der Waals surface area contributed by atoms with E-state index in [1.54, 1.807) is 0 Å². The highest BCUT2D eigenvalue weighted by molar-refractivity contribution is 4.85. The van der Waals surface area contributed by atoms with Crippen molar-refractivity contribution < 1.29 is 4.74 Å². The highest BCUT2D eigenvalue weighted by Crippen LogP contribution is 2.30. The highest BCUT2D eigenvalue weighted by atomic mass is 16.5. The van der Waals surface area contributed by atoms with Gasteiger partial charge < -0.3 is 9.64 Å². The van der Waals surface area contributed by atoms with Crippen LogP contribution in [0.1, 0.15) is 19.8 Å². The van der Waals surface area contributed by atoms with Crippen molar-refractivity contribution in [1.29, 1.82) is 0 Å². The molecule has 0 unspecified atom stereocenters. The molecule has 0 aliphatic carbocycles. The van der Waals surface area contributed by atoms with Gasteiger partial charge in [-0.25, -0.2) is 0 Å². The molecule has 2 heterocycles. The zero-order valence-electron chi connectivity index (χ0n) is 7.96. The predicted molar refractivity (Wildman–Crippen MR) is 49.1 cm³/mol. The summed E-state index contributed by atoms with van der Waals surface area (Å²) in [6, 6.07) is 0. The molecule has 0 aromatic heterocycles. The molecule has 0 aromatic rings. The fraction of sp³-hybridized carbons (Fsp3) is 1.00. The van der Waals surface area contributed by atoms with E-state index in [-0.39, 0.29) is 0 Å². The van der Waals surface area contributed by atoms with Crippen molar-refractivity contribution in [2.24, 2.45) is 11.8 Å². The van der Waals surface area contributed by atoms with E-state index in [4.69, 9.17) is 4.74 Å². The summed E-state index contributed by atoms with van der Waals surface area (Å²) >= 11 is 0. The second kappa shape index (κ2) is 3.75. The Kier molecular flexibility index (Phi) is 2.66. The van der Waals surface area contributed by atoms with E-state index in [9.17, 15) is 0 Å². The molecular weight excluding hydrogens is 150 g/mol. The zero-order valence-corrected chi connectivity index (χ0v) is 7.96. The molecule has 2 heteroatoms. The smallest absolute Gasteiger partial charge is 0.0468 e. The van der Waals surface area contributed by atoms with Crippen LogP contribution in [0.15, 0.2) is 0 Å². The Bertz CT molecular complexity index is 137. The maximum absolute atomic E-state index is 5.36. The molecule has 70 valence electrons. The Morgan fingerprint density at radius 1 is 1.17 bits per heavy atom. The molecule has 2 aliphatic heterocycles. The first-order chi connectivity index (χ1) is 5.90. The first-order valence-corrected chi connectivity index (χ1v) is 5.20. The quantitative estimate of drug-likeness (QED) is 0.619. The molecule has 2 fully saturated rings. The minimum atomic E-state index is 0.974. The molecule has 2 rings (SSSR count). The zero-order chi connectivity index (χ0) is 8.39. The van der Waals surface area contributed by atoms with E-state index in [0.29, 0.717) is 0 Å². The Labute approximate surface area is 74.9 Å². The molecule has 0 radical (unpaired) electrons. The summed E-state index contributed by atoms with van der Waals surface area (Å²) in [5.74, 6) is 1.97. The molecule has 0 atom stereocenters. The predicted octanol–water partition coefficient (Wildman–Crippen LogP) is 1.36. The van der Waals surface area contributed by atoms with Gasteiger partial charge in [0.05, 0.1) is 0 Å². The minimum Gasteiger partial charge on any atom is -0.381 e. The topological polar surface area (TPSA) is 12.5 Å². The SMILES string of the molecule is CCN1CC(C2CCOCC2)C1. The maximum atomic E-state index is 5.36. The van der Waals surface area contributed by atoms with Gasteiger partial charge in [0.15, 0.2) is 0 Å². The lowest BCUT2D eigenvalue weighted by atomic mass is 9.81. The van der Waals surface area contributed by atoms with Crippen LogP contribution in [0.4, 0.5) is 0 Å². The number of ether oxygens (including phenoxy) is 1. The molecule has 0 aromatic carbocycles. The average Bonchev–Trinajstić information content (AvgIpc) is 2.04. The van der Waals surface area contributed by atoms with Crippen molar-refractivity contribution in [2.45, 2.75) is 19.8 Å². The Hall–Kier alpha value is -0.0800. The number of rotatable bonds is 2. The van der Waals surface area contributed by atoms with Crippen LogP contribution in [0.5, 0.6) is 0 Å². The Morgan fingerprint density at radius 2 is 1.83 bits per heavy atom. The van der Waals surface area contributed by atoms with Crippen molar-refractivity contribution in [2.75, 3.05) is 32.8 Å². The van der Waals surface area contributed by atoms with Crippen LogP contribution in [0, 0.1) is 11.8 Å². The third kappa shape index (κ3) is 1.64. The fourth-order valence-electron chi connectivity index (χ4n) is 2.35. The molecule has 2 nitrogen and oxygen atoms in total. The minimum absolute atomic E-state index is 0.974. The maximum Gasteiger partial charge on any atom is 0.0468 e. The molecular formula is C10H19NO. The lowest BCUT2D eigenvalue weighted by Gasteiger charge is -2.44. The van der Waals surface area contributed by atoms with Crippen molar-refractivity contribution in [1.82, 2.24) is 4.90 Å². The molecule has 0 saturated carbocycles. The fourth-order valence-corrected chi connectivity index (χ4v) is 2.35. The second-order valence-electron chi connectivity index (χ2n) is 4.06. The number of nitrogens with zero attached hydrogens (tertiary/aromatic N) is 1. The molecule has 0 amide bonds. The van der Waals surface area contributed by atoms with Gasteiger partial charge in [-0.3, -0.25) is 0 Å². The summed E-state index contributed by atoms with van der Waals surface area (Å²) in [6.07, 6.45) is 2.62. The van der Waals surface area contributed by atoms with Gasteiger partial charge in [-0.1, -0.05) is 6.92 Å². The van der Waals surface area contributed by atoms with E-state index >= 15 is 0 Å². The molecule has 12 heavy (non-hydrogen) atoms. The largest absolute Gasteiger partial charge is 0.381 e. The molecule has 2 saturated heterocycles. The van der Waals surface area contributed by atoms with E-state index in [1.807, 2.05) is 0 Å². The van der Waals surface area contributed by atoms with Gasteiger partial charge in [-0.05, 0) is 31.2 Å². The van der Waals surface area contributed by atoms with Crippen LogP contribution < -0.4 is 0 Å². The van der Waals surface area contributed by atoms with Gasteiger partial charge in [0.2, 0.25) is 0 Å². The molecule has 2 aliphatic rings. The van der Waals surface area contributed by atoms with Crippen LogP contribution in [-0.4, -0.2) is 37.7 Å².